The number of nitrogens with zero attached hydrogens (tertiary/aromatic N) is 3. The quantitative estimate of drug-likeness (QED) is 0.693. The Morgan fingerprint density at radius 3 is 2.73 bits per heavy atom. The van der Waals surface area contributed by atoms with Gasteiger partial charge in [-0.05, 0) is 57.4 Å². The highest BCUT2D eigenvalue weighted by atomic mass is 16.3. The second-order valence-electron chi connectivity index (χ2n) is 7.26. The van der Waals surface area contributed by atoms with Gasteiger partial charge in [-0.15, -0.1) is 0 Å². The highest BCUT2D eigenvalue weighted by Gasteiger charge is 2.28. The second kappa shape index (κ2) is 6.12. The Labute approximate surface area is 151 Å². The monoisotopic (exact) mass is 350 g/mol. The van der Waals surface area contributed by atoms with Crippen molar-refractivity contribution in [2.24, 2.45) is 0 Å². The molecule has 1 aliphatic rings. The number of aromatic nitrogens is 3. The Morgan fingerprint density at radius 2 is 2.08 bits per heavy atom. The molecular formula is C20H22N4O2. The third kappa shape index (κ3) is 2.92. The number of phenolic OH excluding ortho intramolecular Hbond substituents is 1. The van der Waals surface area contributed by atoms with E-state index in [-0.39, 0.29) is 17.7 Å². The highest BCUT2D eigenvalue weighted by Crippen LogP contribution is 2.40. The van der Waals surface area contributed by atoms with E-state index < -0.39 is 0 Å². The largest absolute Gasteiger partial charge is 0.506 e. The maximum absolute atomic E-state index is 13.0. The standard InChI is InChI=1S/C20H22N4O2/c1-11(2)24-19-15(10-21-24)14(9-17(22-19)13-5-6-13)20(26)23-16-7-4-12(3)8-18(16)25/h4,7-11,13,25H,5-6H2,1-3H3,(H,23,26). The minimum Gasteiger partial charge on any atom is -0.506 e. The van der Waals surface area contributed by atoms with Crippen LogP contribution in [0.2, 0.25) is 0 Å². The molecule has 0 spiro atoms. The van der Waals surface area contributed by atoms with Gasteiger partial charge in [0.2, 0.25) is 0 Å². The molecule has 0 unspecified atom stereocenters. The van der Waals surface area contributed by atoms with E-state index in [2.05, 4.69) is 10.4 Å². The molecule has 0 atom stereocenters. The van der Waals surface area contributed by atoms with Crippen molar-refractivity contribution in [3.63, 3.8) is 0 Å². The van der Waals surface area contributed by atoms with Crippen molar-refractivity contribution in [1.29, 1.82) is 0 Å². The van der Waals surface area contributed by atoms with Crippen LogP contribution in [0, 0.1) is 6.92 Å². The first-order valence-corrected chi connectivity index (χ1v) is 8.93. The number of hydrogen-bond acceptors (Lipinski definition) is 4. The molecule has 1 aliphatic carbocycles. The molecule has 4 rings (SSSR count). The SMILES string of the molecule is Cc1ccc(NC(=O)c2cc(C3CC3)nc3c2cnn3C(C)C)c(O)c1. The molecule has 26 heavy (non-hydrogen) atoms. The average molecular weight is 350 g/mol. The van der Waals surface area contributed by atoms with Crippen LogP contribution in [0.5, 0.6) is 5.75 Å². The first-order valence-electron chi connectivity index (χ1n) is 8.93. The minimum atomic E-state index is -0.262. The van der Waals surface area contributed by atoms with Crippen LogP contribution in [0.25, 0.3) is 11.0 Å². The number of anilines is 1. The van der Waals surface area contributed by atoms with Crippen LogP contribution >= 0.6 is 0 Å². The summed E-state index contributed by atoms with van der Waals surface area (Å²) in [6.45, 7) is 5.98. The third-order valence-corrected chi connectivity index (χ3v) is 4.72. The predicted molar refractivity (Wildman–Crippen MR) is 101 cm³/mol. The first-order chi connectivity index (χ1) is 12.4. The Balaban J connectivity index is 1.78. The zero-order chi connectivity index (χ0) is 18.4. The summed E-state index contributed by atoms with van der Waals surface area (Å²) in [6, 6.07) is 7.22. The Morgan fingerprint density at radius 1 is 1.31 bits per heavy atom. The van der Waals surface area contributed by atoms with Crippen molar-refractivity contribution in [1.82, 2.24) is 14.8 Å². The fourth-order valence-electron chi connectivity index (χ4n) is 3.13. The Bertz CT molecular complexity index is 1000. The van der Waals surface area contributed by atoms with Crippen molar-refractivity contribution < 1.29 is 9.90 Å². The second-order valence-corrected chi connectivity index (χ2v) is 7.26. The number of rotatable bonds is 4. The van der Waals surface area contributed by atoms with E-state index in [1.54, 1.807) is 18.3 Å². The number of amides is 1. The molecule has 2 aromatic heterocycles. The van der Waals surface area contributed by atoms with Gasteiger partial charge >= 0.3 is 0 Å². The van der Waals surface area contributed by atoms with Gasteiger partial charge in [-0.1, -0.05) is 6.07 Å². The van der Waals surface area contributed by atoms with Crippen molar-refractivity contribution in [3.8, 4) is 5.75 Å². The van der Waals surface area contributed by atoms with Gasteiger partial charge in [0.25, 0.3) is 5.91 Å². The van der Waals surface area contributed by atoms with Gasteiger partial charge in [0.1, 0.15) is 5.75 Å². The van der Waals surface area contributed by atoms with Crippen LogP contribution in [-0.2, 0) is 0 Å². The summed E-state index contributed by atoms with van der Waals surface area (Å²) in [4.78, 5) is 17.7. The summed E-state index contributed by atoms with van der Waals surface area (Å²) in [5, 5.41) is 18.1. The first kappa shape index (κ1) is 16.6. The van der Waals surface area contributed by atoms with Crippen LogP contribution in [0.15, 0.2) is 30.5 Å². The number of carbonyl (C=O) groups excluding carboxylic acids is 1. The molecule has 0 bridgehead atoms. The smallest absolute Gasteiger partial charge is 0.256 e. The number of carbonyl (C=O) groups is 1. The molecule has 1 amide bonds. The molecule has 6 nitrogen and oxygen atoms in total. The average Bonchev–Trinajstić information content (AvgIpc) is 3.35. The van der Waals surface area contributed by atoms with Crippen LogP contribution in [0.3, 0.4) is 0 Å². The van der Waals surface area contributed by atoms with Crippen molar-refractivity contribution in [3.05, 3.63) is 47.3 Å². The van der Waals surface area contributed by atoms with Gasteiger partial charge in [-0.2, -0.15) is 5.10 Å². The van der Waals surface area contributed by atoms with E-state index in [4.69, 9.17) is 4.98 Å². The molecule has 6 heteroatoms. The summed E-state index contributed by atoms with van der Waals surface area (Å²) in [5.41, 5.74) is 3.56. The third-order valence-electron chi connectivity index (χ3n) is 4.72. The van der Waals surface area contributed by atoms with E-state index in [9.17, 15) is 9.90 Å². The van der Waals surface area contributed by atoms with Gasteiger partial charge < -0.3 is 10.4 Å². The molecule has 2 N–H and O–H groups in total. The fraction of sp³-hybridized carbons (Fsp3) is 0.350. The number of aryl methyl sites for hydroxylation is 1. The van der Waals surface area contributed by atoms with Crippen molar-refractivity contribution in [2.75, 3.05) is 5.32 Å². The summed E-state index contributed by atoms with van der Waals surface area (Å²) in [5.74, 6) is 0.222. The van der Waals surface area contributed by atoms with Gasteiger partial charge in [0.15, 0.2) is 5.65 Å². The molecule has 134 valence electrons. The molecule has 3 aromatic rings. The van der Waals surface area contributed by atoms with Gasteiger partial charge in [0, 0.05) is 17.7 Å². The molecular weight excluding hydrogens is 328 g/mol. The van der Waals surface area contributed by atoms with Crippen LogP contribution in [-0.4, -0.2) is 25.8 Å². The topological polar surface area (TPSA) is 80.0 Å². The lowest BCUT2D eigenvalue weighted by Crippen LogP contribution is -2.14. The van der Waals surface area contributed by atoms with Gasteiger partial charge in [0.05, 0.1) is 22.8 Å². The number of phenols is 1. The van der Waals surface area contributed by atoms with E-state index in [1.165, 1.54) is 0 Å². The lowest BCUT2D eigenvalue weighted by molar-refractivity contribution is 0.102. The van der Waals surface area contributed by atoms with Crippen LogP contribution in [0.1, 0.15) is 60.3 Å². The van der Waals surface area contributed by atoms with Gasteiger partial charge in [-0.3, -0.25) is 4.79 Å². The maximum atomic E-state index is 13.0. The van der Waals surface area contributed by atoms with E-state index in [0.29, 0.717) is 17.2 Å². The predicted octanol–water partition coefficient (Wildman–Crippen LogP) is 4.16. The molecule has 1 aromatic carbocycles. The fourth-order valence-corrected chi connectivity index (χ4v) is 3.13. The zero-order valence-corrected chi connectivity index (χ0v) is 15.2. The summed E-state index contributed by atoms with van der Waals surface area (Å²) in [6.07, 6.45) is 3.91. The molecule has 1 saturated carbocycles. The van der Waals surface area contributed by atoms with Crippen molar-refractivity contribution in [2.45, 2.75) is 45.6 Å². The number of benzene rings is 1. The Hall–Kier alpha value is -2.89. The lowest BCUT2D eigenvalue weighted by Gasteiger charge is -2.11. The molecule has 0 radical (unpaired) electrons. The van der Waals surface area contributed by atoms with Gasteiger partial charge in [-0.25, -0.2) is 9.67 Å². The van der Waals surface area contributed by atoms with E-state index in [1.807, 2.05) is 37.6 Å². The van der Waals surface area contributed by atoms with E-state index >= 15 is 0 Å². The van der Waals surface area contributed by atoms with Crippen LogP contribution < -0.4 is 5.32 Å². The molecule has 1 fully saturated rings. The normalized spacial score (nSPS) is 14.2. The number of fused-ring (bicyclic) bond motifs is 1. The summed E-state index contributed by atoms with van der Waals surface area (Å²) < 4.78 is 1.85. The summed E-state index contributed by atoms with van der Waals surface area (Å²) in [7, 11) is 0. The molecule has 0 aliphatic heterocycles. The summed E-state index contributed by atoms with van der Waals surface area (Å²) >= 11 is 0. The van der Waals surface area contributed by atoms with E-state index in [0.717, 1.165) is 35.1 Å². The van der Waals surface area contributed by atoms with Crippen molar-refractivity contribution >= 4 is 22.6 Å². The number of nitrogens with one attached hydrogen (secondary N) is 1. The number of aromatic hydroxyl groups is 1. The van der Waals surface area contributed by atoms with Crippen LogP contribution in [0.4, 0.5) is 5.69 Å². The molecule has 0 saturated heterocycles. The number of pyridine rings is 1. The highest BCUT2D eigenvalue weighted by molar-refractivity contribution is 6.12. The lowest BCUT2D eigenvalue weighted by atomic mass is 10.1. The maximum Gasteiger partial charge on any atom is 0.256 e. The molecule has 2 heterocycles. The minimum absolute atomic E-state index is 0.0592. The Kier molecular flexibility index (Phi) is 3.90. The number of hydrogen-bond donors (Lipinski definition) is 2. The zero-order valence-electron chi connectivity index (χ0n) is 15.2.